The molecular weight excluding hydrogens is 294 g/mol. The molecular formula is C21H21N3. The molecule has 3 nitrogen and oxygen atoms in total. The van der Waals surface area contributed by atoms with Crippen molar-refractivity contribution >= 4 is 5.69 Å². The Hall–Kier alpha value is -2.65. The minimum atomic E-state index is 0.404. The molecule has 2 N–H and O–H groups in total. The first kappa shape index (κ1) is 14.9. The molecule has 0 saturated heterocycles. The van der Waals surface area contributed by atoms with Gasteiger partial charge in [0.15, 0.2) is 0 Å². The third-order valence-electron chi connectivity index (χ3n) is 4.54. The number of hydrogen-bond donors (Lipinski definition) is 2. The van der Waals surface area contributed by atoms with Crippen LogP contribution < -0.4 is 10.6 Å². The SMILES string of the molecule is c1ccc(-c2ccc3c(c2)CN[C@H](Cc2cccnc2)CN3)cc1. The van der Waals surface area contributed by atoms with Gasteiger partial charge in [-0.25, -0.2) is 0 Å². The maximum absolute atomic E-state index is 4.21. The van der Waals surface area contributed by atoms with Gasteiger partial charge in [0.2, 0.25) is 0 Å². The van der Waals surface area contributed by atoms with Crippen LogP contribution in [0.25, 0.3) is 11.1 Å². The predicted octanol–water partition coefficient (Wildman–Crippen LogP) is 3.88. The Kier molecular flexibility index (Phi) is 4.26. The molecule has 0 unspecified atom stereocenters. The maximum atomic E-state index is 4.21. The van der Waals surface area contributed by atoms with Crippen LogP contribution in [0.15, 0.2) is 73.1 Å². The molecule has 0 aliphatic carbocycles. The third-order valence-corrected chi connectivity index (χ3v) is 4.54. The summed E-state index contributed by atoms with van der Waals surface area (Å²) in [5.41, 5.74) is 6.36. The lowest BCUT2D eigenvalue weighted by Crippen LogP contribution is -2.34. The van der Waals surface area contributed by atoms with Gasteiger partial charge in [0.1, 0.15) is 0 Å². The zero-order chi connectivity index (χ0) is 16.2. The Morgan fingerprint density at radius 1 is 0.958 bits per heavy atom. The van der Waals surface area contributed by atoms with Gasteiger partial charge < -0.3 is 10.6 Å². The first-order valence-electron chi connectivity index (χ1n) is 8.43. The number of nitrogens with one attached hydrogen (secondary N) is 2. The molecule has 1 atom stereocenters. The van der Waals surface area contributed by atoms with E-state index in [4.69, 9.17) is 0 Å². The van der Waals surface area contributed by atoms with E-state index in [2.05, 4.69) is 70.2 Å². The average Bonchev–Trinajstić information content (AvgIpc) is 2.85. The monoisotopic (exact) mass is 315 g/mol. The smallest absolute Gasteiger partial charge is 0.0386 e. The summed E-state index contributed by atoms with van der Waals surface area (Å²) in [5, 5.41) is 7.27. The fraction of sp³-hybridized carbons (Fsp3) is 0.190. The summed E-state index contributed by atoms with van der Waals surface area (Å²) in [6.07, 6.45) is 4.76. The normalized spacial score (nSPS) is 16.8. The highest BCUT2D eigenvalue weighted by molar-refractivity contribution is 5.68. The van der Waals surface area contributed by atoms with Gasteiger partial charge in [-0.15, -0.1) is 0 Å². The summed E-state index contributed by atoms with van der Waals surface area (Å²) in [5.74, 6) is 0. The molecule has 4 rings (SSSR count). The molecule has 24 heavy (non-hydrogen) atoms. The highest BCUT2D eigenvalue weighted by Crippen LogP contribution is 2.26. The second kappa shape index (κ2) is 6.85. The van der Waals surface area contributed by atoms with Crippen molar-refractivity contribution in [1.29, 1.82) is 0 Å². The Morgan fingerprint density at radius 3 is 2.71 bits per heavy atom. The highest BCUT2D eigenvalue weighted by atomic mass is 15.0. The first-order valence-corrected chi connectivity index (χ1v) is 8.43. The fourth-order valence-electron chi connectivity index (χ4n) is 3.23. The van der Waals surface area contributed by atoms with Gasteiger partial charge in [0.05, 0.1) is 0 Å². The number of fused-ring (bicyclic) bond motifs is 1. The van der Waals surface area contributed by atoms with Gasteiger partial charge >= 0.3 is 0 Å². The molecule has 0 radical (unpaired) electrons. The lowest BCUT2D eigenvalue weighted by atomic mass is 10.0. The van der Waals surface area contributed by atoms with Gasteiger partial charge in [-0.05, 0) is 46.9 Å². The van der Waals surface area contributed by atoms with Crippen LogP contribution in [0.3, 0.4) is 0 Å². The van der Waals surface area contributed by atoms with E-state index >= 15 is 0 Å². The Balaban J connectivity index is 1.51. The first-order chi connectivity index (χ1) is 11.9. The summed E-state index contributed by atoms with van der Waals surface area (Å²) < 4.78 is 0. The molecule has 1 aromatic heterocycles. The molecule has 1 aliphatic rings. The second-order valence-corrected chi connectivity index (χ2v) is 6.26. The number of pyridine rings is 1. The molecule has 0 saturated carbocycles. The minimum absolute atomic E-state index is 0.404. The number of anilines is 1. The van der Waals surface area contributed by atoms with E-state index in [-0.39, 0.29) is 0 Å². The average molecular weight is 315 g/mol. The lowest BCUT2D eigenvalue weighted by Gasteiger charge is -2.15. The number of rotatable bonds is 3. The third kappa shape index (κ3) is 3.31. The van der Waals surface area contributed by atoms with Crippen molar-refractivity contribution in [3.63, 3.8) is 0 Å². The van der Waals surface area contributed by atoms with E-state index in [0.29, 0.717) is 6.04 Å². The predicted molar refractivity (Wildman–Crippen MR) is 98.9 cm³/mol. The van der Waals surface area contributed by atoms with Crippen LogP contribution in [0.5, 0.6) is 0 Å². The van der Waals surface area contributed by atoms with Crippen molar-refractivity contribution in [2.24, 2.45) is 0 Å². The number of nitrogens with zero attached hydrogens (tertiary/aromatic N) is 1. The van der Waals surface area contributed by atoms with Crippen molar-refractivity contribution in [1.82, 2.24) is 10.3 Å². The fourth-order valence-corrected chi connectivity index (χ4v) is 3.23. The number of aromatic nitrogens is 1. The molecule has 0 spiro atoms. The summed E-state index contributed by atoms with van der Waals surface area (Å²) in [7, 11) is 0. The molecule has 2 heterocycles. The van der Waals surface area contributed by atoms with E-state index in [1.807, 2.05) is 18.5 Å². The molecule has 120 valence electrons. The number of benzene rings is 2. The summed E-state index contributed by atoms with van der Waals surface area (Å²) in [6.45, 7) is 1.81. The van der Waals surface area contributed by atoms with E-state index < -0.39 is 0 Å². The summed E-state index contributed by atoms with van der Waals surface area (Å²) >= 11 is 0. The second-order valence-electron chi connectivity index (χ2n) is 6.26. The highest BCUT2D eigenvalue weighted by Gasteiger charge is 2.16. The van der Waals surface area contributed by atoms with Crippen LogP contribution in [0.2, 0.25) is 0 Å². The van der Waals surface area contributed by atoms with E-state index in [0.717, 1.165) is 19.5 Å². The van der Waals surface area contributed by atoms with Crippen molar-refractivity contribution < 1.29 is 0 Å². The molecule has 2 aromatic carbocycles. The molecule has 3 heteroatoms. The van der Waals surface area contributed by atoms with Crippen LogP contribution in [0.1, 0.15) is 11.1 Å². The van der Waals surface area contributed by atoms with E-state index in [1.54, 1.807) is 0 Å². The summed E-state index contributed by atoms with van der Waals surface area (Å²) in [4.78, 5) is 4.21. The minimum Gasteiger partial charge on any atom is -0.383 e. The molecule has 1 aliphatic heterocycles. The molecule has 0 bridgehead atoms. The maximum Gasteiger partial charge on any atom is 0.0386 e. The van der Waals surface area contributed by atoms with Gasteiger partial charge in [-0.1, -0.05) is 42.5 Å². The quantitative estimate of drug-likeness (QED) is 0.770. The van der Waals surface area contributed by atoms with Crippen molar-refractivity contribution in [2.45, 2.75) is 19.0 Å². The molecule has 0 amide bonds. The van der Waals surface area contributed by atoms with Gasteiger partial charge in [-0.3, -0.25) is 4.98 Å². The van der Waals surface area contributed by atoms with Crippen molar-refractivity contribution in [2.75, 3.05) is 11.9 Å². The molecule has 0 fully saturated rings. The molecule has 3 aromatic rings. The van der Waals surface area contributed by atoms with Gasteiger partial charge in [0.25, 0.3) is 0 Å². The van der Waals surface area contributed by atoms with Gasteiger partial charge in [-0.2, -0.15) is 0 Å². The van der Waals surface area contributed by atoms with Crippen LogP contribution in [-0.2, 0) is 13.0 Å². The Morgan fingerprint density at radius 2 is 1.88 bits per heavy atom. The number of hydrogen-bond acceptors (Lipinski definition) is 3. The van der Waals surface area contributed by atoms with Crippen LogP contribution >= 0.6 is 0 Å². The van der Waals surface area contributed by atoms with Crippen LogP contribution in [0, 0.1) is 0 Å². The van der Waals surface area contributed by atoms with Crippen molar-refractivity contribution in [3.8, 4) is 11.1 Å². The van der Waals surface area contributed by atoms with Gasteiger partial charge in [0, 0.05) is 37.2 Å². The zero-order valence-electron chi connectivity index (χ0n) is 13.6. The van der Waals surface area contributed by atoms with Crippen molar-refractivity contribution in [3.05, 3.63) is 84.2 Å². The van der Waals surface area contributed by atoms with E-state index in [9.17, 15) is 0 Å². The lowest BCUT2D eigenvalue weighted by molar-refractivity contribution is 0.536. The zero-order valence-corrected chi connectivity index (χ0v) is 13.6. The van der Waals surface area contributed by atoms with Crippen LogP contribution in [0.4, 0.5) is 5.69 Å². The standard InChI is InChI=1S/C21H21N3/c1-2-6-17(7-3-1)18-8-9-21-19(12-18)14-23-20(15-24-21)11-16-5-4-10-22-13-16/h1-10,12-13,20,23-24H,11,14-15H2/t20-/m1/s1. The topological polar surface area (TPSA) is 37.0 Å². The van der Waals surface area contributed by atoms with Crippen LogP contribution in [-0.4, -0.2) is 17.6 Å². The largest absolute Gasteiger partial charge is 0.383 e. The Labute approximate surface area is 142 Å². The Bertz CT molecular complexity index is 800. The summed E-state index contributed by atoms with van der Waals surface area (Å²) in [6, 6.07) is 21.8. The van der Waals surface area contributed by atoms with E-state index in [1.165, 1.54) is 27.9 Å².